The summed E-state index contributed by atoms with van der Waals surface area (Å²) in [6, 6.07) is 19.1. The van der Waals surface area contributed by atoms with Crippen molar-refractivity contribution in [2.75, 3.05) is 19.0 Å². The number of aryl methyl sites for hydroxylation is 2. The van der Waals surface area contributed by atoms with Crippen molar-refractivity contribution in [2.45, 2.75) is 13.8 Å². The Morgan fingerprint density at radius 2 is 1.53 bits per heavy atom. The summed E-state index contributed by atoms with van der Waals surface area (Å²) in [5.74, 6) is 0.899. The first kappa shape index (κ1) is 20.9. The second kappa shape index (κ2) is 9.60. The minimum atomic E-state index is -0.523. The minimum absolute atomic E-state index is 0.205. The molecule has 0 bridgehead atoms. The lowest BCUT2D eigenvalue weighted by Crippen LogP contribution is -2.18. The van der Waals surface area contributed by atoms with Gasteiger partial charge in [0.15, 0.2) is 6.61 Å². The standard InChI is InChI=1S/C24H23NO5/c1-16-4-13-22(17(2)14-16)29-15-23(26)30-21-9-5-18(6-10-21)24(27)25-19-7-11-20(28-3)12-8-19/h4-14H,15H2,1-3H3,(H,25,27). The third-order valence-corrected chi connectivity index (χ3v) is 4.37. The van der Waals surface area contributed by atoms with Gasteiger partial charge in [-0.2, -0.15) is 0 Å². The fourth-order valence-corrected chi connectivity index (χ4v) is 2.81. The van der Waals surface area contributed by atoms with Crippen LogP contribution in [-0.2, 0) is 4.79 Å². The van der Waals surface area contributed by atoms with Gasteiger partial charge < -0.3 is 19.5 Å². The van der Waals surface area contributed by atoms with Gasteiger partial charge in [-0.25, -0.2) is 4.79 Å². The molecular weight excluding hydrogens is 382 g/mol. The largest absolute Gasteiger partial charge is 0.497 e. The van der Waals surface area contributed by atoms with E-state index in [1.54, 1.807) is 55.6 Å². The number of ether oxygens (including phenoxy) is 3. The molecule has 3 aromatic rings. The summed E-state index contributed by atoms with van der Waals surface area (Å²) in [5, 5.41) is 2.80. The van der Waals surface area contributed by atoms with Crippen molar-refractivity contribution in [2.24, 2.45) is 0 Å². The highest BCUT2D eigenvalue weighted by Crippen LogP contribution is 2.20. The van der Waals surface area contributed by atoms with Crippen LogP contribution in [0, 0.1) is 13.8 Å². The smallest absolute Gasteiger partial charge is 0.349 e. The van der Waals surface area contributed by atoms with Crippen LogP contribution in [0.1, 0.15) is 21.5 Å². The van der Waals surface area contributed by atoms with E-state index in [1.165, 1.54) is 0 Å². The Bertz CT molecular complexity index is 1030. The van der Waals surface area contributed by atoms with E-state index in [-0.39, 0.29) is 12.5 Å². The molecule has 3 aromatic carbocycles. The lowest BCUT2D eigenvalue weighted by molar-refractivity contribution is -0.136. The SMILES string of the molecule is COc1ccc(NC(=O)c2ccc(OC(=O)COc3ccc(C)cc3C)cc2)cc1. The molecule has 1 N–H and O–H groups in total. The Labute approximate surface area is 175 Å². The van der Waals surface area contributed by atoms with Crippen LogP contribution in [0.15, 0.2) is 66.7 Å². The van der Waals surface area contributed by atoms with Gasteiger partial charge in [0, 0.05) is 11.3 Å². The van der Waals surface area contributed by atoms with Crippen LogP contribution in [0.2, 0.25) is 0 Å². The highest BCUT2D eigenvalue weighted by Gasteiger charge is 2.10. The molecule has 0 aliphatic carbocycles. The fourth-order valence-electron chi connectivity index (χ4n) is 2.81. The number of amides is 1. The third kappa shape index (κ3) is 5.61. The number of methoxy groups -OCH3 is 1. The van der Waals surface area contributed by atoms with Crippen molar-refractivity contribution < 1.29 is 23.8 Å². The molecule has 0 saturated heterocycles. The summed E-state index contributed by atoms with van der Waals surface area (Å²) in [7, 11) is 1.58. The zero-order chi connectivity index (χ0) is 21.5. The van der Waals surface area contributed by atoms with Crippen molar-refractivity contribution in [3.05, 3.63) is 83.4 Å². The average molecular weight is 405 g/mol. The maximum Gasteiger partial charge on any atom is 0.349 e. The first-order valence-electron chi connectivity index (χ1n) is 9.41. The molecule has 30 heavy (non-hydrogen) atoms. The number of nitrogens with one attached hydrogen (secondary N) is 1. The predicted molar refractivity (Wildman–Crippen MR) is 114 cm³/mol. The molecule has 0 heterocycles. The number of anilines is 1. The number of carbonyl (C=O) groups is 2. The highest BCUT2D eigenvalue weighted by atomic mass is 16.6. The molecule has 6 nitrogen and oxygen atoms in total. The van der Waals surface area contributed by atoms with E-state index < -0.39 is 5.97 Å². The molecule has 0 aliphatic heterocycles. The van der Waals surface area contributed by atoms with Crippen molar-refractivity contribution >= 4 is 17.6 Å². The molecule has 0 atom stereocenters. The van der Waals surface area contributed by atoms with Gasteiger partial charge in [0.1, 0.15) is 17.2 Å². The normalized spacial score (nSPS) is 10.2. The maximum atomic E-state index is 12.3. The van der Waals surface area contributed by atoms with E-state index >= 15 is 0 Å². The second-order valence-corrected chi connectivity index (χ2v) is 6.74. The van der Waals surface area contributed by atoms with Gasteiger partial charge in [-0.3, -0.25) is 4.79 Å². The molecule has 154 valence electrons. The lowest BCUT2D eigenvalue weighted by atomic mass is 10.1. The van der Waals surface area contributed by atoms with E-state index in [1.807, 2.05) is 32.0 Å². The van der Waals surface area contributed by atoms with Crippen molar-refractivity contribution in [1.29, 1.82) is 0 Å². The van der Waals surface area contributed by atoms with E-state index in [0.29, 0.717) is 28.5 Å². The van der Waals surface area contributed by atoms with Crippen LogP contribution in [0.3, 0.4) is 0 Å². The van der Waals surface area contributed by atoms with Gasteiger partial charge in [-0.05, 0) is 74.0 Å². The summed E-state index contributed by atoms with van der Waals surface area (Å²) in [6.45, 7) is 3.71. The molecule has 6 heteroatoms. The third-order valence-electron chi connectivity index (χ3n) is 4.37. The quantitative estimate of drug-likeness (QED) is 0.461. The fraction of sp³-hybridized carbons (Fsp3) is 0.167. The number of hydrogen-bond acceptors (Lipinski definition) is 5. The van der Waals surface area contributed by atoms with Gasteiger partial charge >= 0.3 is 5.97 Å². The predicted octanol–water partition coefficient (Wildman–Crippen LogP) is 4.55. The Hall–Kier alpha value is -3.80. The summed E-state index contributed by atoms with van der Waals surface area (Å²) in [6.07, 6.45) is 0. The molecule has 0 unspecified atom stereocenters. The lowest BCUT2D eigenvalue weighted by Gasteiger charge is -2.10. The number of benzene rings is 3. The molecule has 3 rings (SSSR count). The van der Waals surface area contributed by atoms with Crippen molar-refractivity contribution in [1.82, 2.24) is 0 Å². The number of rotatable bonds is 7. The van der Waals surface area contributed by atoms with E-state index in [9.17, 15) is 9.59 Å². The van der Waals surface area contributed by atoms with Crippen molar-refractivity contribution in [3.8, 4) is 17.2 Å². The number of hydrogen-bond donors (Lipinski definition) is 1. The van der Waals surface area contributed by atoms with Gasteiger partial charge in [-0.1, -0.05) is 17.7 Å². The van der Waals surface area contributed by atoms with Crippen LogP contribution in [0.5, 0.6) is 17.2 Å². The van der Waals surface area contributed by atoms with Crippen LogP contribution in [-0.4, -0.2) is 25.6 Å². The summed E-state index contributed by atoms with van der Waals surface area (Å²) < 4.78 is 15.9. The molecular formula is C24H23NO5. The molecule has 0 saturated carbocycles. The van der Waals surface area contributed by atoms with Crippen LogP contribution < -0.4 is 19.5 Å². The molecule has 0 aromatic heterocycles. The number of carbonyl (C=O) groups excluding carboxylic acids is 2. The first-order valence-corrected chi connectivity index (χ1v) is 9.41. The van der Waals surface area contributed by atoms with Gasteiger partial charge in [-0.15, -0.1) is 0 Å². The molecule has 0 aliphatic rings. The van der Waals surface area contributed by atoms with E-state index in [4.69, 9.17) is 14.2 Å². The number of esters is 1. The van der Waals surface area contributed by atoms with Crippen LogP contribution >= 0.6 is 0 Å². The Kier molecular flexibility index (Phi) is 6.70. The Morgan fingerprint density at radius 3 is 2.17 bits per heavy atom. The average Bonchev–Trinajstić information content (AvgIpc) is 2.74. The monoisotopic (exact) mass is 405 g/mol. The van der Waals surface area contributed by atoms with Crippen LogP contribution in [0.25, 0.3) is 0 Å². The molecule has 0 radical (unpaired) electrons. The second-order valence-electron chi connectivity index (χ2n) is 6.74. The topological polar surface area (TPSA) is 73.9 Å². The molecule has 1 amide bonds. The molecule has 0 spiro atoms. The molecule has 0 fully saturated rings. The van der Waals surface area contributed by atoms with Gasteiger partial charge in [0.05, 0.1) is 7.11 Å². The van der Waals surface area contributed by atoms with Gasteiger partial charge in [0.25, 0.3) is 5.91 Å². The maximum absolute atomic E-state index is 12.3. The Balaban J connectivity index is 1.52. The zero-order valence-corrected chi connectivity index (χ0v) is 17.1. The van der Waals surface area contributed by atoms with Gasteiger partial charge in [0.2, 0.25) is 0 Å². The first-order chi connectivity index (χ1) is 14.4. The van der Waals surface area contributed by atoms with Crippen LogP contribution in [0.4, 0.5) is 5.69 Å². The highest BCUT2D eigenvalue weighted by molar-refractivity contribution is 6.04. The summed E-state index contributed by atoms with van der Waals surface area (Å²) >= 11 is 0. The summed E-state index contributed by atoms with van der Waals surface area (Å²) in [5.41, 5.74) is 3.17. The Morgan fingerprint density at radius 1 is 0.867 bits per heavy atom. The zero-order valence-electron chi connectivity index (χ0n) is 17.1. The minimum Gasteiger partial charge on any atom is -0.497 e. The van der Waals surface area contributed by atoms with E-state index in [2.05, 4.69) is 5.32 Å². The van der Waals surface area contributed by atoms with E-state index in [0.717, 1.165) is 11.1 Å². The van der Waals surface area contributed by atoms with Crippen molar-refractivity contribution in [3.63, 3.8) is 0 Å². The summed E-state index contributed by atoms with van der Waals surface area (Å²) in [4.78, 5) is 24.4.